The van der Waals surface area contributed by atoms with Gasteiger partial charge in [0.15, 0.2) is 0 Å². The van der Waals surface area contributed by atoms with Crippen LogP contribution >= 0.6 is 15.9 Å². The molecule has 1 fully saturated rings. The molecule has 0 atom stereocenters. The van der Waals surface area contributed by atoms with E-state index in [2.05, 4.69) is 22.0 Å². The number of hydrogen-bond acceptors (Lipinski definition) is 2. The summed E-state index contributed by atoms with van der Waals surface area (Å²) in [5, 5.41) is 0. The Morgan fingerprint density at radius 3 is 2.47 bits per heavy atom. The van der Waals surface area contributed by atoms with Crippen molar-refractivity contribution in [3.63, 3.8) is 0 Å². The van der Waals surface area contributed by atoms with Gasteiger partial charge in [-0.15, -0.1) is 0 Å². The van der Waals surface area contributed by atoms with E-state index in [1.54, 1.807) is 0 Å². The summed E-state index contributed by atoms with van der Waals surface area (Å²) >= 11 is 3.50. The summed E-state index contributed by atoms with van der Waals surface area (Å²) in [7, 11) is 0. The normalized spacial score (nSPS) is 16.6. The molecule has 2 nitrogen and oxygen atoms in total. The summed E-state index contributed by atoms with van der Waals surface area (Å²) in [6.45, 7) is 5.71. The van der Waals surface area contributed by atoms with E-state index in [9.17, 15) is 4.79 Å². The molecule has 1 aromatic carbocycles. The Hall–Kier alpha value is -0.830. The van der Waals surface area contributed by atoms with Crippen molar-refractivity contribution in [2.24, 2.45) is 0 Å². The SMILES string of the molecule is CC(C)(C)OC(=O)c1ccc(Br)cc1C1CCCC1. The van der Waals surface area contributed by atoms with Crippen LogP contribution in [0.4, 0.5) is 0 Å². The van der Waals surface area contributed by atoms with Crippen molar-refractivity contribution in [1.29, 1.82) is 0 Å². The predicted octanol–water partition coefficient (Wildman–Crippen LogP) is 5.06. The fraction of sp³-hybridized carbons (Fsp3) is 0.562. The Labute approximate surface area is 123 Å². The maximum atomic E-state index is 12.3. The Balaban J connectivity index is 2.31. The van der Waals surface area contributed by atoms with E-state index in [1.165, 1.54) is 25.7 Å². The largest absolute Gasteiger partial charge is 0.456 e. The lowest BCUT2D eigenvalue weighted by molar-refractivity contribution is 0.00678. The third kappa shape index (κ3) is 3.82. The number of hydrogen-bond donors (Lipinski definition) is 0. The third-order valence-electron chi connectivity index (χ3n) is 3.43. The van der Waals surface area contributed by atoms with Crippen molar-refractivity contribution in [1.82, 2.24) is 0 Å². The fourth-order valence-corrected chi connectivity index (χ4v) is 3.01. The minimum Gasteiger partial charge on any atom is -0.456 e. The smallest absolute Gasteiger partial charge is 0.338 e. The van der Waals surface area contributed by atoms with Gasteiger partial charge in [-0.2, -0.15) is 0 Å². The monoisotopic (exact) mass is 324 g/mol. The first-order chi connectivity index (χ1) is 8.87. The van der Waals surface area contributed by atoms with Crippen molar-refractivity contribution in [2.75, 3.05) is 0 Å². The number of benzene rings is 1. The molecule has 1 aromatic rings. The van der Waals surface area contributed by atoms with E-state index in [0.29, 0.717) is 5.92 Å². The average molecular weight is 325 g/mol. The lowest BCUT2D eigenvalue weighted by Crippen LogP contribution is -2.24. The molecule has 0 unspecified atom stereocenters. The first-order valence-corrected chi connectivity index (χ1v) is 7.69. The van der Waals surface area contributed by atoms with E-state index in [-0.39, 0.29) is 5.97 Å². The summed E-state index contributed by atoms with van der Waals surface area (Å²) in [5.74, 6) is 0.293. The molecule has 1 aliphatic carbocycles. The van der Waals surface area contributed by atoms with Crippen LogP contribution in [-0.2, 0) is 4.74 Å². The maximum Gasteiger partial charge on any atom is 0.338 e. The molecule has 3 heteroatoms. The minimum absolute atomic E-state index is 0.207. The highest BCUT2D eigenvalue weighted by Crippen LogP contribution is 2.37. The van der Waals surface area contributed by atoms with Gasteiger partial charge in [-0.1, -0.05) is 28.8 Å². The summed E-state index contributed by atoms with van der Waals surface area (Å²) in [5.41, 5.74) is 1.42. The van der Waals surface area contributed by atoms with Crippen LogP contribution in [0.1, 0.15) is 68.3 Å². The summed E-state index contributed by atoms with van der Waals surface area (Å²) < 4.78 is 6.54. The van der Waals surface area contributed by atoms with E-state index in [1.807, 2.05) is 32.9 Å². The number of halogens is 1. The highest BCUT2D eigenvalue weighted by molar-refractivity contribution is 9.10. The van der Waals surface area contributed by atoms with Crippen molar-refractivity contribution >= 4 is 21.9 Å². The van der Waals surface area contributed by atoms with Gasteiger partial charge in [0.25, 0.3) is 0 Å². The molecule has 0 amide bonds. The van der Waals surface area contributed by atoms with Gasteiger partial charge in [-0.25, -0.2) is 4.79 Å². The summed E-state index contributed by atoms with van der Waals surface area (Å²) in [6, 6.07) is 5.87. The second-order valence-electron chi connectivity index (χ2n) is 6.21. The molecule has 2 rings (SSSR count). The molecule has 0 aromatic heterocycles. The second-order valence-corrected chi connectivity index (χ2v) is 7.13. The molecule has 1 saturated carbocycles. The zero-order valence-corrected chi connectivity index (χ0v) is 13.4. The first kappa shape index (κ1) is 14.6. The Kier molecular flexibility index (Phi) is 4.34. The second kappa shape index (κ2) is 5.66. The van der Waals surface area contributed by atoms with E-state index in [4.69, 9.17) is 4.74 Å². The molecule has 0 N–H and O–H groups in total. The van der Waals surface area contributed by atoms with Crippen LogP contribution in [0.5, 0.6) is 0 Å². The van der Waals surface area contributed by atoms with Crippen LogP contribution in [0.25, 0.3) is 0 Å². The molecule has 0 bridgehead atoms. The predicted molar refractivity (Wildman–Crippen MR) is 80.5 cm³/mol. The van der Waals surface area contributed by atoms with E-state index in [0.717, 1.165) is 15.6 Å². The lowest BCUT2D eigenvalue weighted by atomic mass is 9.93. The highest BCUT2D eigenvalue weighted by Gasteiger charge is 2.25. The van der Waals surface area contributed by atoms with Crippen LogP contribution in [-0.4, -0.2) is 11.6 Å². The van der Waals surface area contributed by atoms with Crippen molar-refractivity contribution < 1.29 is 9.53 Å². The number of ether oxygens (including phenoxy) is 1. The molecule has 0 radical (unpaired) electrons. The van der Waals surface area contributed by atoms with Crippen molar-refractivity contribution in [3.05, 3.63) is 33.8 Å². The molecular weight excluding hydrogens is 304 g/mol. The van der Waals surface area contributed by atoms with Crippen LogP contribution < -0.4 is 0 Å². The highest BCUT2D eigenvalue weighted by atomic mass is 79.9. The zero-order valence-electron chi connectivity index (χ0n) is 11.8. The van der Waals surface area contributed by atoms with Crippen LogP contribution in [0, 0.1) is 0 Å². The van der Waals surface area contributed by atoms with Gasteiger partial charge in [0, 0.05) is 4.47 Å². The molecule has 0 aliphatic heterocycles. The lowest BCUT2D eigenvalue weighted by Gasteiger charge is -2.22. The van der Waals surface area contributed by atoms with Crippen molar-refractivity contribution in [3.8, 4) is 0 Å². The Bertz CT molecular complexity index is 468. The van der Waals surface area contributed by atoms with Gasteiger partial charge in [-0.3, -0.25) is 0 Å². The molecule has 104 valence electrons. The average Bonchev–Trinajstić information content (AvgIpc) is 2.79. The molecular formula is C16H21BrO2. The quantitative estimate of drug-likeness (QED) is 0.710. The third-order valence-corrected chi connectivity index (χ3v) is 3.92. The topological polar surface area (TPSA) is 26.3 Å². The maximum absolute atomic E-state index is 12.3. The fourth-order valence-electron chi connectivity index (χ4n) is 2.63. The van der Waals surface area contributed by atoms with Gasteiger partial charge in [0.2, 0.25) is 0 Å². The van der Waals surface area contributed by atoms with Gasteiger partial charge >= 0.3 is 5.97 Å². The minimum atomic E-state index is -0.447. The number of carbonyl (C=O) groups excluding carboxylic acids is 1. The molecule has 1 aliphatic rings. The van der Waals surface area contributed by atoms with Crippen LogP contribution in [0.2, 0.25) is 0 Å². The van der Waals surface area contributed by atoms with Gasteiger partial charge in [0.1, 0.15) is 5.60 Å². The van der Waals surface area contributed by atoms with Crippen LogP contribution in [0.3, 0.4) is 0 Å². The summed E-state index contributed by atoms with van der Waals surface area (Å²) in [6.07, 6.45) is 4.86. The molecule has 19 heavy (non-hydrogen) atoms. The van der Waals surface area contributed by atoms with Crippen molar-refractivity contribution in [2.45, 2.75) is 58.0 Å². The van der Waals surface area contributed by atoms with Crippen LogP contribution in [0.15, 0.2) is 22.7 Å². The number of rotatable bonds is 2. The van der Waals surface area contributed by atoms with E-state index < -0.39 is 5.60 Å². The van der Waals surface area contributed by atoms with Gasteiger partial charge in [0.05, 0.1) is 5.56 Å². The van der Waals surface area contributed by atoms with Gasteiger partial charge in [-0.05, 0) is 63.3 Å². The molecule has 0 spiro atoms. The van der Waals surface area contributed by atoms with Gasteiger partial charge < -0.3 is 4.74 Å². The zero-order chi connectivity index (χ0) is 14.0. The Morgan fingerprint density at radius 1 is 1.26 bits per heavy atom. The first-order valence-electron chi connectivity index (χ1n) is 6.89. The standard InChI is InChI=1S/C16H21BrO2/c1-16(2,3)19-15(18)13-9-8-12(17)10-14(13)11-6-4-5-7-11/h8-11H,4-7H2,1-3H3. The number of esters is 1. The number of carbonyl (C=O) groups is 1. The molecule has 0 heterocycles. The van der Waals surface area contributed by atoms with E-state index >= 15 is 0 Å². The summed E-state index contributed by atoms with van der Waals surface area (Å²) in [4.78, 5) is 12.3. The molecule has 0 saturated heterocycles. The Morgan fingerprint density at radius 2 is 1.89 bits per heavy atom.